The van der Waals surface area contributed by atoms with Crippen LogP contribution in [-0.2, 0) is 28.9 Å². The Balaban J connectivity index is 2.03. The highest BCUT2D eigenvalue weighted by molar-refractivity contribution is 8.00. The largest absolute Gasteiger partial charge is 0.383 e. The van der Waals surface area contributed by atoms with Crippen molar-refractivity contribution in [2.75, 3.05) is 13.7 Å². The number of thiophene rings is 1. The van der Waals surface area contributed by atoms with Gasteiger partial charge in [0.25, 0.3) is 5.56 Å². The van der Waals surface area contributed by atoms with E-state index in [9.17, 15) is 14.4 Å². The summed E-state index contributed by atoms with van der Waals surface area (Å²) in [7, 11) is 1.57. The van der Waals surface area contributed by atoms with Gasteiger partial charge in [-0.15, -0.1) is 11.3 Å². The van der Waals surface area contributed by atoms with Crippen LogP contribution >= 0.6 is 23.1 Å². The molecule has 1 atom stereocenters. The van der Waals surface area contributed by atoms with Gasteiger partial charge in [0.1, 0.15) is 4.83 Å². The number of aryl methyl sites for hydroxylation is 2. The molecule has 1 aliphatic rings. The van der Waals surface area contributed by atoms with E-state index in [0.717, 1.165) is 43.0 Å². The second-order valence-corrected chi connectivity index (χ2v) is 8.74. The van der Waals surface area contributed by atoms with Crippen LogP contribution in [0.25, 0.3) is 10.2 Å². The van der Waals surface area contributed by atoms with Crippen LogP contribution in [0.5, 0.6) is 0 Å². The first-order chi connectivity index (χ1) is 12.9. The molecule has 0 bridgehead atoms. The second kappa shape index (κ2) is 8.41. The Morgan fingerprint density at radius 2 is 2.15 bits per heavy atom. The fourth-order valence-corrected chi connectivity index (χ4v) is 5.36. The highest BCUT2D eigenvalue weighted by Crippen LogP contribution is 2.35. The average molecular weight is 411 g/mol. The summed E-state index contributed by atoms with van der Waals surface area (Å²) in [5.74, 6) is -0.523. The molecule has 0 saturated carbocycles. The Bertz CT molecular complexity index is 937. The number of nitrogens with two attached hydrogens (primary N) is 1. The van der Waals surface area contributed by atoms with Gasteiger partial charge in [-0.25, -0.2) is 9.78 Å². The van der Waals surface area contributed by atoms with Crippen LogP contribution in [0.1, 0.15) is 30.2 Å². The smallest absolute Gasteiger partial charge is 0.318 e. The van der Waals surface area contributed by atoms with Gasteiger partial charge >= 0.3 is 6.03 Å². The van der Waals surface area contributed by atoms with Gasteiger partial charge < -0.3 is 10.5 Å². The first kappa shape index (κ1) is 19.8. The summed E-state index contributed by atoms with van der Waals surface area (Å²) in [4.78, 5) is 42.8. The third kappa shape index (κ3) is 4.17. The second-order valence-electron chi connectivity index (χ2n) is 6.35. The van der Waals surface area contributed by atoms with Crippen LogP contribution in [0.2, 0.25) is 0 Å². The zero-order valence-electron chi connectivity index (χ0n) is 15.2. The van der Waals surface area contributed by atoms with Crippen molar-refractivity contribution in [3.8, 4) is 0 Å². The number of thioether (sulfide) groups is 1. The number of carbonyl (C=O) groups excluding carboxylic acids is 2. The number of rotatable bonds is 6. The number of ether oxygens (including phenoxy) is 1. The molecule has 27 heavy (non-hydrogen) atoms. The number of carbonyl (C=O) groups is 2. The normalized spacial score (nSPS) is 14.7. The summed E-state index contributed by atoms with van der Waals surface area (Å²) in [6, 6.07) is -0.904. The van der Waals surface area contributed by atoms with Crippen molar-refractivity contribution >= 4 is 45.3 Å². The molecule has 146 valence electrons. The third-order valence-electron chi connectivity index (χ3n) is 4.46. The summed E-state index contributed by atoms with van der Waals surface area (Å²) in [5, 5.41) is 2.56. The fourth-order valence-electron chi connectivity index (χ4n) is 3.12. The summed E-state index contributed by atoms with van der Waals surface area (Å²) in [6.07, 6.45) is 4.09. The molecule has 2 aromatic rings. The monoisotopic (exact) mass is 410 g/mol. The molecule has 1 aliphatic carbocycles. The standard InChI is InChI=1S/C17H22N4O4S2/c1-9(13(22)19-16(18)24)26-17-20-14-12(15(23)21(17)7-8-25-2)10-5-3-4-6-11(10)27-14/h9H,3-8H2,1-2H3,(H3,18,19,22,24)/t9-/m0/s1. The van der Waals surface area contributed by atoms with Crippen molar-refractivity contribution in [1.82, 2.24) is 14.9 Å². The topological polar surface area (TPSA) is 116 Å². The lowest BCUT2D eigenvalue weighted by molar-refractivity contribution is -0.119. The molecule has 10 heteroatoms. The zero-order valence-corrected chi connectivity index (χ0v) is 16.9. The van der Waals surface area contributed by atoms with Gasteiger partial charge in [0.05, 0.1) is 23.8 Å². The number of fused-ring (bicyclic) bond motifs is 3. The highest BCUT2D eigenvalue weighted by Gasteiger charge is 2.24. The van der Waals surface area contributed by atoms with Crippen LogP contribution in [0.3, 0.4) is 0 Å². The highest BCUT2D eigenvalue weighted by atomic mass is 32.2. The van der Waals surface area contributed by atoms with E-state index in [1.807, 2.05) is 0 Å². The first-order valence-electron chi connectivity index (χ1n) is 8.73. The molecular weight excluding hydrogens is 388 g/mol. The average Bonchev–Trinajstić information content (AvgIpc) is 2.99. The van der Waals surface area contributed by atoms with E-state index in [2.05, 4.69) is 10.3 Å². The molecule has 0 unspecified atom stereocenters. The summed E-state index contributed by atoms with van der Waals surface area (Å²) in [6.45, 7) is 2.34. The lowest BCUT2D eigenvalue weighted by atomic mass is 9.97. The van der Waals surface area contributed by atoms with Crippen LogP contribution in [0.4, 0.5) is 4.79 Å². The number of hydrogen-bond donors (Lipinski definition) is 2. The number of aromatic nitrogens is 2. The van der Waals surface area contributed by atoms with Crippen LogP contribution < -0.4 is 16.6 Å². The minimum absolute atomic E-state index is 0.0959. The van der Waals surface area contributed by atoms with Gasteiger partial charge in [-0.3, -0.25) is 19.5 Å². The zero-order chi connectivity index (χ0) is 19.6. The van der Waals surface area contributed by atoms with Gasteiger partial charge in [-0.1, -0.05) is 11.8 Å². The number of methoxy groups -OCH3 is 1. The SMILES string of the molecule is COCCn1c(S[C@@H](C)C(=O)NC(N)=O)nc2sc3c(c2c1=O)CCCC3. The molecule has 2 heterocycles. The number of urea groups is 1. The molecule has 3 N–H and O–H groups in total. The minimum atomic E-state index is -0.904. The number of imide groups is 1. The molecule has 3 rings (SSSR count). The molecule has 0 saturated heterocycles. The van der Waals surface area contributed by atoms with Crippen molar-refractivity contribution in [2.24, 2.45) is 5.73 Å². The maximum atomic E-state index is 13.2. The number of hydrogen-bond acceptors (Lipinski definition) is 7. The summed E-state index contributed by atoms with van der Waals surface area (Å²) in [5.41, 5.74) is 6.04. The molecule has 0 fully saturated rings. The molecule has 3 amide bonds. The van der Waals surface area contributed by atoms with Gasteiger partial charge in [0.2, 0.25) is 5.91 Å². The Morgan fingerprint density at radius 1 is 1.41 bits per heavy atom. The maximum absolute atomic E-state index is 13.2. The Morgan fingerprint density at radius 3 is 2.85 bits per heavy atom. The van der Waals surface area contributed by atoms with Crippen molar-refractivity contribution in [2.45, 2.75) is 49.6 Å². The molecule has 0 aromatic carbocycles. The summed E-state index contributed by atoms with van der Waals surface area (Å²) < 4.78 is 6.69. The van der Waals surface area contributed by atoms with E-state index < -0.39 is 17.2 Å². The number of amides is 3. The van der Waals surface area contributed by atoms with Crippen LogP contribution in [0.15, 0.2) is 9.95 Å². The number of primary amides is 1. The van der Waals surface area contributed by atoms with E-state index in [1.54, 1.807) is 29.9 Å². The van der Waals surface area contributed by atoms with Crippen molar-refractivity contribution in [1.29, 1.82) is 0 Å². The molecule has 0 radical (unpaired) electrons. The molecule has 0 aliphatic heterocycles. The van der Waals surface area contributed by atoms with Crippen molar-refractivity contribution < 1.29 is 14.3 Å². The first-order valence-corrected chi connectivity index (χ1v) is 10.4. The molecule has 8 nitrogen and oxygen atoms in total. The van der Waals surface area contributed by atoms with Crippen LogP contribution in [0, 0.1) is 0 Å². The van der Waals surface area contributed by atoms with E-state index in [4.69, 9.17) is 10.5 Å². The van der Waals surface area contributed by atoms with E-state index >= 15 is 0 Å². The fraction of sp³-hybridized carbons (Fsp3) is 0.529. The number of nitrogens with zero attached hydrogens (tertiary/aromatic N) is 2. The maximum Gasteiger partial charge on any atom is 0.318 e. The molecule has 2 aromatic heterocycles. The Kier molecular flexibility index (Phi) is 6.18. The van der Waals surface area contributed by atoms with Crippen LogP contribution in [-0.4, -0.2) is 40.5 Å². The Hall–Kier alpha value is -1.91. The number of nitrogens with one attached hydrogen (secondary N) is 1. The summed E-state index contributed by atoms with van der Waals surface area (Å²) >= 11 is 2.69. The van der Waals surface area contributed by atoms with Crippen molar-refractivity contribution in [3.05, 3.63) is 20.8 Å². The minimum Gasteiger partial charge on any atom is -0.383 e. The third-order valence-corrected chi connectivity index (χ3v) is 6.73. The molecule has 0 spiro atoms. The predicted molar refractivity (Wildman–Crippen MR) is 105 cm³/mol. The van der Waals surface area contributed by atoms with Gasteiger partial charge in [-0.05, 0) is 38.2 Å². The van der Waals surface area contributed by atoms with Gasteiger partial charge in [0.15, 0.2) is 5.16 Å². The van der Waals surface area contributed by atoms with E-state index in [0.29, 0.717) is 28.5 Å². The lowest BCUT2D eigenvalue weighted by Gasteiger charge is -2.15. The lowest BCUT2D eigenvalue weighted by Crippen LogP contribution is -2.39. The predicted octanol–water partition coefficient (Wildman–Crippen LogP) is 1.66. The van der Waals surface area contributed by atoms with E-state index in [-0.39, 0.29) is 5.56 Å². The molecular formula is C17H22N4O4S2. The quantitative estimate of drug-likeness (QED) is 0.553. The van der Waals surface area contributed by atoms with Gasteiger partial charge in [-0.2, -0.15) is 0 Å². The van der Waals surface area contributed by atoms with Crippen molar-refractivity contribution in [3.63, 3.8) is 0 Å². The van der Waals surface area contributed by atoms with E-state index in [1.165, 1.54) is 4.88 Å². The van der Waals surface area contributed by atoms with Gasteiger partial charge in [0, 0.05) is 12.0 Å². The Labute approximate surface area is 164 Å².